The second-order valence-corrected chi connectivity index (χ2v) is 6.17. The van der Waals surface area contributed by atoms with Gasteiger partial charge in [-0.3, -0.25) is 9.69 Å². The third-order valence-electron chi connectivity index (χ3n) is 4.06. The molecule has 0 aliphatic carbocycles. The van der Waals surface area contributed by atoms with E-state index in [0.29, 0.717) is 12.8 Å². The lowest BCUT2D eigenvalue weighted by molar-refractivity contribution is -0.113. The highest BCUT2D eigenvalue weighted by molar-refractivity contribution is 5.87. The molecular weight excluding hydrogens is 310 g/mol. The SMILES string of the molecule is CC(=O)/C=C/CC[C@H](C=O)N(Cc1ccccc1)Cc1ccccc1. The lowest BCUT2D eigenvalue weighted by Crippen LogP contribution is -2.35. The Morgan fingerprint density at radius 3 is 1.92 bits per heavy atom. The highest BCUT2D eigenvalue weighted by Gasteiger charge is 2.18. The summed E-state index contributed by atoms with van der Waals surface area (Å²) < 4.78 is 0. The summed E-state index contributed by atoms with van der Waals surface area (Å²) in [6.07, 6.45) is 5.85. The molecule has 0 unspecified atom stereocenters. The Hall–Kier alpha value is -2.52. The van der Waals surface area contributed by atoms with Crippen LogP contribution >= 0.6 is 0 Å². The van der Waals surface area contributed by atoms with Gasteiger partial charge in [0.2, 0.25) is 0 Å². The maximum absolute atomic E-state index is 11.7. The van der Waals surface area contributed by atoms with Gasteiger partial charge in [0.15, 0.2) is 5.78 Å². The van der Waals surface area contributed by atoms with Crippen LogP contribution in [-0.2, 0) is 22.7 Å². The first-order chi connectivity index (χ1) is 12.2. The first-order valence-electron chi connectivity index (χ1n) is 8.63. The summed E-state index contributed by atoms with van der Waals surface area (Å²) in [6, 6.07) is 20.2. The molecule has 0 heterocycles. The van der Waals surface area contributed by atoms with Crippen LogP contribution in [0.25, 0.3) is 0 Å². The second kappa shape index (κ2) is 10.4. The van der Waals surface area contributed by atoms with Gasteiger partial charge in [0.25, 0.3) is 0 Å². The number of ketones is 1. The van der Waals surface area contributed by atoms with E-state index in [4.69, 9.17) is 0 Å². The molecule has 0 bridgehead atoms. The lowest BCUT2D eigenvalue weighted by Gasteiger charge is -2.28. The highest BCUT2D eigenvalue weighted by Crippen LogP contribution is 2.16. The van der Waals surface area contributed by atoms with Gasteiger partial charge in [-0.05, 0) is 37.0 Å². The van der Waals surface area contributed by atoms with Crippen LogP contribution in [0.2, 0.25) is 0 Å². The minimum atomic E-state index is -0.183. The van der Waals surface area contributed by atoms with E-state index in [1.54, 1.807) is 6.08 Å². The van der Waals surface area contributed by atoms with Crippen molar-refractivity contribution in [3.05, 3.63) is 83.9 Å². The van der Waals surface area contributed by atoms with Crippen molar-refractivity contribution in [3.63, 3.8) is 0 Å². The molecule has 2 rings (SSSR count). The van der Waals surface area contributed by atoms with Crippen molar-refractivity contribution < 1.29 is 9.59 Å². The van der Waals surface area contributed by atoms with Crippen LogP contribution in [0.15, 0.2) is 72.8 Å². The fourth-order valence-electron chi connectivity index (χ4n) is 2.78. The summed E-state index contributed by atoms with van der Waals surface area (Å²) in [6.45, 7) is 2.97. The Labute approximate surface area is 150 Å². The summed E-state index contributed by atoms with van der Waals surface area (Å²) in [5.74, 6) is 0.0353. The van der Waals surface area contributed by atoms with Crippen molar-refractivity contribution in [2.75, 3.05) is 0 Å². The fourth-order valence-corrected chi connectivity index (χ4v) is 2.78. The first-order valence-corrected chi connectivity index (χ1v) is 8.63. The van der Waals surface area contributed by atoms with Gasteiger partial charge in [-0.25, -0.2) is 0 Å². The molecule has 2 aromatic rings. The molecule has 1 atom stereocenters. The maximum atomic E-state index is 11.7. The van der Waals surface area contributed by atoms with Crippen molar-refractivity contribution in [2.45, 2.75) is 38.9 Å². The molecule has 0 radical (unpaired) electrons. The van der Waals surface area contributed by atoms with Crippen molar-refractivity contribution in [1.29, 1.82) is 0 Å². The third kappa shape index (κ3) is 6.86. The minimum Gasteiger partial charge on any atom is -0.302 e. The number of nitrogens with zero attached hydrogens (tertiary/aromatic N) is 1. The van der Waals surface area contributed by atoms with Crippen LogP contribution in [0.3, 0.4) is 0 Å². The van der Waals surface area contributed by atoms with Gasteiger partial charge < -0.3 is 4.79 Å². The Morgan fingerprint density at radius 1 is 0.960 bits per heavy atom. The van der Waals surface area contributed by atoms with Crippen molar-refractivity contribution in [2.24, 2.45) is 0 Å². The molecule has 3 nitrogen and oxygen atoms in total. The van der Waals surface area contributed by atoms with E-state index in [2.05, 4.69) is 29.2 Å². The molecule has 0 amide bonds. The van der Waals surface area contributed by atoms with E-state index in [-0.39, 0.29) is 11.8 Å². The Balaban J connectivity index is 2.10. The molecule has 130 valence electrons. The lowest BCUT2D eigenvalue weighted by atomic mass is 10.1. The Morgan fingerprint density at radius 2 is 1.48 bits per heavy atom. The van der Waals surface area contributed by atoms with Crippen molar-refractivity contribution >= 4 is 12.1 Å². The van der Waals surface area contributed by atoms with Crippen LogP contribution < -0.4 is 0 Å². The van der Waals surface area contributed by atoms with E-state index < -0.39 is 0 Å². The average molecular weight is 335 g/mol. The smallest absolute Gasteiger partial charge is 0.152 e. The van der Waals surface area contributed by atoms with E-state index >= 15 is 0 Å². The number of carbonyl (C=O) groups excluding carboxylic acids is 2. The van der Waals surface area contributed by atoms with E-state index in [9.17, 15) is 9.59 Å². The molecule has 2 aromatic carbocycles. The predicted octanol–water partition coefficient (Wildman–Crippen LogP) is 4.18. The molecule has 0 aliphatic heterocycles. The predicted molar refractivity (Wildman–Crippen MR) is 101 cm³/mol. The van der Waals surface area contributed by atoms with E-state index in [1.165, 1.54) is 18.1 Å². The van der Waals surface area contributed by atoms with Gasteiger partial charge in [0.1, 0.15) is 6.29 Å². The Bertz CT molecular complexity index is 638. The number of aldehydes is 1. The van der Waals surface area contributed by atoms with Crippen LogP contribution in [0.4, 0.5) is 0 Å². The highest BCUT2D eigenvalue weighted by atomic mass is 16.1. The number of carbonyl (C=O) groups is 2. The van der Waals surface area contributed by atoms with Crippen LogP contribution in [0.1, 0.15) is 30.9 Å². The number of benzene rings is 2. The quantitative estimate of drug-likeness (QED) is 0.483. The van der Waals surface area contributed by atoms with Crippen molar-refractivity contribution in [1.82, 2.24) is 4.90 Å². The molecule has 0 aliphatic rings. The largest absolute Gasteiger partial charge is 0.302 e. The molecule has 0 spiro atoms. The van der Waals surface area contributed by atoms with Gasteiger partial charge in [-0.1, -0.05) is 66.7 Å². The second-order valence-electron chi connectivity index (χ2n) is 6.17. The summed E-state index contributed by atoms with van der Waals surface area (Å²) >= 11 is 0. The van der Waals surface area contributed by atoms with Gasteiger partial charge >= 0.3 is 0 Å². The van der Waals surface area contributed by atoms with Gasteiger partial charge in [0.05, 0.1) is 6.04 Å². The average Bonchev–Trinajstić information content (AvgIpc) is 2.63. The van der Waals surface area contributed by atoms with Gasteiger partial charge in [0, 0.05) is 13.1 Å². The van der Waals surface area contributed by atoms with Gasteiger partial charge in [-0.2, -0.15) is 0 Å². The number of hydrogen-bond donors (Lipinski definition) is 0. The molecule has 3 heteroatoms. The number of allylic oxidation sites excluding steroid dienone is 2. The summed E-state index contributed by atoms with van der Waals surface area (Å²) in [4.78, 5) is 24.9. The zero-order valence-corrected chi connectivity index (χ0v) is 14.7. The van der Waals surface area contributed by atoms with E-state index in [1.807, 2.05) is 42.5 Å². The van der Waals surface area contributed by atoms with Gasteiger partial charge in [-0.15, -0.1) is 0 Å². The van der Waals surface area contributed by atoms with Crippen LogP contribution in [0, 0.1) is 0 Å². The minimum absolute atomic E-state index is 0.0353. The number of rotatable bonds is 10. The summed E-state index contributed by atoms with van der Waals surface area (Å²) in [5, 5.41) is 0. The first kappa shape index (κ1) is 18.8. The molecule has 0 saturated heterocycles. The fraction of sp³-hybridized carbons (Fsp3) is 0.273. The molecule has 0 saturated carbocycles. The normalized spacial score (nSPS) is 12.4. The van der Waals surface area contributed by atoms with Crippen LogP contribution in [-0.4, -0.2) is 23.0 Å². The standard InChI is InChI=1S/C22H25NO2/c1-19(25)10-8-9-15-22(18-24)23(16-20-11-4-2-5-12-20)17-21-13-6-3-7-14-21/h2-8,10-14,18,22H,9,15-17H2,1H3/b10-8+/t22-/m1/s1. The molecule has 25 heavy (non-hydrogen) atoms. The van der Waals surface area contributed by atoms with E-state index in [0.717, 1.165) is 19.4 Å². The maximum Gasteiger partial charge on any atom is 0.152 e. The zero-order chi connectivity index (χ0) is 17.9. The third-order valence-corrected chi connectivity index (χ3v) is 4.06. The Kier molecular flexibility index (Phi) is 7.80. The molecule has 0 N–H and O–H groups in total. The topological polar surface area (TPSA) is 37.4 Å². The molecular formula is C22H25NO2. The monoisotopic (exact) mass is 335 g/mol. The molecule has 0 aromatic heterocycles. The molecule has 0 fully saturated rings. The zero-order valence-electron chi connectivity index (χ0n) is 14.7. The number of hydrogen-bond acceptors (Lipinski definition) is 3. The summed E-state index contributed by atoms with van der Waals surface area (Å²) in [7, 11) is 0. The summed E-state index contributed by atoms with van der Waals surface area (Å²) in [5.41, 5.74) is 2.37. The van der Waals surface area contributed by atoms with Crippen LogP contribution in [0.5, 0.6) is 0 Å². The van der Waals surface area contributed by atoms with Crippen molar-refractivity contribution in [3.8, 4) is 0 Å².